The quantitative estimate of drug-likeness (QED) is 0.382. The van der Waals surface area contributed by atoms with Crippen LogP contribution in [0.3, 0.4) is 0 Å². The number of aliphatic carboxylic acids is 1. The summed E-state index contributed by atoms with van der Waals surface area (Å²) in [5.74, 6) is -0.747. The zero-order valence-corrected chi connectivity index (χ0v) is 20.4. The lowest BCUT2D eigenvalue weighted by atomic mass is 9.88. The third kappa shape index (κ3) is 5.45. The minimum absolute atomic E-state index is 0.0641. The van der Waals surface area contributed by atoms with Gasteiger partial charge in [-0.2, -0.15) is 0 Å². The van der Waals surface area contributed by atoms with E-state index in [9.17, 15) is 9.90 Å². The zero-order valence-electron chi connectivity index (χ0n) is 18.8. The van der Waals surface area contributed by atoms with Gasteiger partial charge in [-0.25, -0.2) is 0 Å². The van der Waals surface area contributed by atoms with Gasteiger partial charge in [0.1, 0.15) is 0 Å². The molecule has 0 amide bonds. The summed E-state index contributed by atoms with van der Waals surface area (Å²) in [5, 5.41) is 10.6. The number of carboxylic acid groups (broad SMARTS) is 1. The number of hydrogen-bond acceptors (Lipinski definition) is 2. The molecule has 3 rings (SSSR count). The maximum atomic E-state index is 12.0. The van der Waals surface area contributed by atoms with Gasteiger partial charge in [0.2, 0.25) is 0 Å². The summed E-state index contributed by atoms with van der Waals surface area (Å²) in [6, 6.07) is 8.03. The number of rotatable bonds is 6. The molecule has 5 heteroatoms. The Balaban J connectivity index is 2.17. The predicted octanol–water partition coefficient (Wildman–Crippen LogP) is 7.00. The standard InChI is InChI=1S/C25H34ClNO2S/c1-24(2,3)30-22-19-9-7-6-8-10-20(19)27(16-17-11-13-18(26)14-12-17)21(22)15-25(4,5)23(28)29/h11-14H,6-10,15-16H2,1-5H3,(H,28,29). The second-order valence-electron chi connectivity index (χ2n) is 10.1. The number of thioether (sulfide) groups is 1. The van der Waals surface area contributed by atoms with Crippen LogP contribution in [0, 0.1) is 5.41 Å². The molecule has 0 unspecified atom stereocenters. The van der Waals surface area contributed by atoms with Crippen LogP contribution in [0.4, 0.5) is 0 Å². The summed E-state index contributed by atoms with van der Waals surface area (Å²) in [4.78, 5) is 13.3. The van der Waals surface area contributed by atoms with E-state index < -0.39 is 11.4 Å². The van der Waals surface area contributed by atoms with Crippen LogP contribution in [0.25, 0.3) is 0 Å². The maximum Gasteiger partial charge on any atom is 0.309 e. The number of carbonyl (C=O) groups is 1. The summed E-state index contributed by atoms with van der Waals surface area (Å²) in [6.07, 6.45) is 6.33. The number of benzene rings is 1. The molecule has 0 aliphatic heterocycles. The molecular weight excluding hydrogens is 414 g/mol. The molecule has 0 atom stereocenters. The van der Waals surface area contributed by atoms with Crippen LogP contribution in [0.5, 0.6) is 0 Å². The van der Waals surface area contributed by atoms with Crippen LogP contribution in [0.15, 0.2) is 29.2 Å². The Kier molecular flexibility index (Phi) is 6.98. The van der Waals surface area contributed by atoms with Crippen molar-refractivity contribution in [3.05, 3.63) is 51.8 Å². The van der Waals surface area contributed by atoms with Crippen molar-refractivity contribution in [2.75, 3.05) is 0 Å². The minimum Gasteiger partial charge on any atom is -0.481 e. The first kappa shape index (κ1) is 23.3. The van der Waals surface area contributed by atoms with Gasteiger partial charge >= 0.3 is 5.97 Å². The molecule has 0 radical (unpaired) electrons. The van der Waals surface area contributed by atoms with Gasteiger partial charge in [-0.05, 0) is 62.8 Å². The number of halogens is 1. The molecule has 0 spiro atoms. The Morgan fingerprint density at radius 3 is 2.30 bits per heavy atom. The Bertz CT molecular complexity index is 907. The summed E-state index contributed by atoms with van der Waals surface area (Å²) in [5.41, 5.74) is 4.43. The third-order valence-corrected chi connectivity index (χ3v) is 7.28. The lowest BCUT2D eigenvalue weighted by molar-refractivity contribution is -0.146. The van der Waals surface area contributed by atoms with E-state index in [0.717, 1.165) is 24.4 Å². The van der Waals surface area contributed by atoms with Crippen molar-refractivity contribution in [3.63, 3.8) is 0 Å². The molecule has 1 aliphatic carbocycles. The molecule has 1 aromatic heterocycles. The van der Waals surface area contributed by atoms with Gasteiger partial charge < -0.3 is 9.67 Å². The van der Waals surface area contributed by atoms with Crippen LogP contribution >= 0.6 is 23.4 Å². The SMILES string of the molecule is CC(C)(C)Sc1c2c(n(Cc3ccc(Cl)cc3)c1CC(C)(C)C(=O)O)CCCCC2. The van der Waals surface area contributed by atoms with Crippen molar-refractivity contribution >= 4 is 29.3 Å². The molecule has 1 aliphatic rings. The van der Waals surface area contributed by atoms with Gasteiger partial charge in [-0.15, -0.1) is 11.8 Å². The summed E-state index contributed by atoms with van der Waals surface area (Å²) < 4.78 is 2.50. The molecule has 2 aromatic rings. The van der Waals surface area contributed by atoms with E-state index in [0.29, 0.717) is 6.42 Å². The fourth-order valence-electron chi connectivity index (χ4n) is 4.13. The van der Waals surface area contributed by atoms with E-state index in [1.54, 1.807) is 0 Å². The fraction of sp³-hybridized carbons (Fsp3) is 0.560. The van der Waals surface area contributed by atoms with Gasteiger partial charge in [0.25, 0.3) is 0 Å². The van der Waals surface area contributed by atoms with Gasteiger partial charge in [-0.3, -0.25) is 4.79 Å². The fourth-order valence-corrected chi connectivity index (χ4v) is 5.51. The van der Waals surface area contributed by atoms with Gasteiger partial charge in [0.15, 0.2) is 0 Å². The van der Waals surface area contributed by atoms with E-state index in [2.05, 4.69) is 37.5 Å². The number of fused-ring (bicyclic) bond motifs is 1. The van der Waals surface area contributed by atoms with Crippen molar-refractivity contribution < 1.29 is 9.90 Å². The van der Waals surface area contributed by atoms with E-state index in [-0.39, 0.29) is 4.75 Å². The average Bonchev–Trinajstić information content (AvgIpc) is 2.80. The molecule has 1 N–H and O–H groups in total. The monoisotopic (exact) mass is 447 g/mol. The maximum absolute atomic E-state index is 12.0. The highest BCUT2D eigenvalue weighted by atomic mass is 35.5. The third-order valence-electron chi connectivity index (χ3n) is 5.73. The lowest BCUT2D eigenvalue weighted by Gasteiger charge is -2.25. The Labute approximate surface area is 190 Å². The first-order chi connectivity index (χ1) is 14.0. The lowest BCUT2D eigenvalue weighted by Crippen LogP contribution is -2.28. The number of aromatic nitrogens is 1. The first-order valence-corrected chi connectivity index (χ1v) is 12.1. The van der Waals surface area contributed by atoms with Crippen molar-refractivity contribution in [2.45, 2.75) is 89.3 Å². The van der Waals surface area contributed by atoms with E-state index in [1.807, 2.05) is 37.7 Å². The Morgan fingerprint density at radius 1 is 1.07 bits per heavy atom. The van der Waals surface area contributed by atoms with E-state index in [1.165, 1.54) is 46.7 Å². The molecule has 0 saturated heterocycles. The van der Waals surface area contributed by atoms with Gasteiger partial charge in [0, 0.05) is 39.0 Å². The molecule has 0 bridgehead atoms. The molecule has 3 nitrogen and oxygen atoms in total. The van der Waals surface area contributed by atoms with Gasteiger partial charge in [-0.1, -0.05) is 50.9 Å². The normalized spacial score (nSPS) is 15.0. The summed E-state index contributed by atoms with van der Waals surface area (Å²) >= 11 is 8.01. The minimum atomic E-state index is -0.818. The van der Waals surface area contributed by atoms with Crippen molar-refractivity contribution in [2.24, 2.45) is 5.41 Å². The molecule has 1 aromatic carbocycles. The smallest absolute Gasteiger partial charge is 0.309 e. The number of carboxylic acids is 1. The second-order valence-corrected chi connectivity index (χ2v) is 12.3. The van der Waals surface area contributed by atoms with Crippen LogP contribution in [-0.4, -0.2) is 20.4 Å². The van der Waals surface area contributed by atoms with Crippen LogP contribution in [-0.2, 0) is 30.6 Å². The van der Waals surface area contributed by atoms with E-state index in [4.69, 9.17) is 11.6 Å². The van der Waals surface area contributed by atoms with E-state index >= 15 is 0 Å². The zero-order chi connectivity index (χ0) is 22.1. The van der Waals surface area contributed by atoms with Crippen molar-refractivity contribution in [1.82, 2.24) is 4.57 Å². The average molecular weight is 448 g/mol. The van der Waals surface area contributed by atoms with Crippen LogP contribution < -0.4 is 0 Å². The van der Waals surface area contributed by atoms with Crippen molar-refractivity contribution in [1.29, 1.82) is 0 Å². The highest BCUT2D eigenvalue weighted by Crippen LogP contribution is 2.44. The van der Waals surface area contributed by atoms with Crippen molar-refractivity contribution in [3.8, 4) is 0 Å². The first-order valence-electron chi connectivity index (χ1n) is 10.9. The van der Waals surface area contributed by atoms with Crippen LogP contribution in [0.2, 0.25) is 5.02 Å². The number of hydrogen-bond donors (Lipinski definition) is 1. The largest absolute Gasteiger partial charge is 0.481 e. The molecule has 0 fully saturated rings. The Hall–Kier alpha value is -1.39. The van der Waals surface area contributed by atoms with Gasteiger partial charge in [0.05, 0.1) is 5.41 Å². The van der Waals surface area contributed by atoms with Crippen LogP contribution in [0.1, 0.15) is 76.4 Å². The summed E-state index contributed by atoms with van der Waals surface area (Å²) in [6.45, 7) is 11.2. The molecular formula is C25H34ClNO2S. The highest BCUT2D eigenvalue weighted by molar-refractivity contribution is 8.00. The molecule has 30 heavy (non-hydrogen) atoms. The molecule has 0 saturated carbocycles. The topological polar surface area (TPSA) is 42.2 Å². The second kappa shape index (κ2) is 9.00. The summed E-state index contributed by atoms with van der Waals surface area (Å²) in [7, 11) is 0. The highest BCUT2D eigenvalue weighted by Gasteiger charge is 2.34. The molecule has 164 valence electrons. The predicted molar refractivity (Wildman–Crippen MR) is 127 cm³/mol. The molecule has 1 heterocycles. The Morgan fingerprint density at radius 2 is 1.70 bits per heavy atom. The number of nitrogens with zero attached hydrogens (tertiary/aromatic N) is 1.